The number of nitrogens with zero attached hydrogens (tertiary/aromatic N) is 1. The highest BCUT2D eigenvalue weighted by molar-refractivity contribution is 5.47. The Kier molecular flexibility index (Phi) is 5.89. The summed E-state index contributed by atoms with van der Waals surface area (Å²) in [5, 5.41) is 10.3. The lowest BCUT2D eigenvalue weighted by Crippen LogP contribution is -2.47. The zero-order valence-electron chi connectivity index (χ0n) is 17.8. The molecule has 1 aromatic carbocycles. The first kappa shape index (κ1) is 20.0. The van der Waals surface area contributed by atoms with E-state index in [9.17, 15) is 5.11 Å². The molecule has 4 rings (SSSR count). The highest BCUT2D eigenvalue weighted by Gasteiger charge is 2.50. The van der Waals surface area contributed by atoms with E-state index in [1.807, 2.05) is 0 Å². The summed E-state index contributed by atoms with van der Waals surface area (Å²) in [6.45, 7) is 5.24. The van der Waals surface area contributed by atoms with E-state index >= 15 is 0 Å². The number of likely N-dealkylation sites (N-methyl/N-ethyl adjacent to an activating group) is 1. The summed E-state index contributed by atoms with van der Waals surface area (Å²) in [5.74, 6) is 1.80. The van der Waals surface area contributed by atoms with Gasteiger partial charge in [-0.2, -0.15) is 0 Å². The topological polar surface area (TPSA) is 41.9 Å². The lowest BCUT2D eigenvalue weighted by Gasteiger charge is -2.43. The van der Waals surface area contributed by atoms with Crippen LogP contribution >= 0.6 is 0 Å². The van der Waals surface area contributed by atoms with Crippen molar-refractivity contribution in [3.8, 4) is 11.5 Å². The predicted molar refractivity (Wildman–Crippen MR) is 112 cm³/mol. The van der Waals surface area contributed by atoms with E-state index < -0.39 is 0 Å². The maximum absolute atomic E-state index is 10.3. The molecule has 1 heterocycles. The van der Waals surface area contributed by atoms with Crippen LogP contribution in [0.1, 0.15) is 77.2 Å². The van der Waals surface area contributed by atoms with Gasteiger partial charge in [-0.25, -0.2) is 0 Å². The van der Waals surface area contributed by atoms with Crippen molar-refractivity contribution >= 4 is 0 Å². The van der Waals surface area contributed by atoms with Crippen molar-refractivity contribution < 1.29 is 14.6 Å². The quantitative estimate of drug-likeness (QED) is 0.797. The SMILES string of the molecule is CC(C)Oc1ccc([C@@]23CC[C@H](O)C[C@@H]2N(C)CC3)cc1OC1CCCCC1. The number of hydrogen-bond donors (Lipinski definition) is 1. The normalized spacial score (nSPS) is 31.8. The molecule has 4 heteroatoms. The van der Waals surface area contributed by atoms with Crippen molar-refractivity contribution in [1.29, 1.82) is 0 Å². The minimum absolute atomic E-state index is 0.132. The summed E-state index contributed by atoms with van der Waals surface area (Å²) in [4.78, 5) is 2.45. The molecule has 3 aliphatic rings. The number of rotatable bonds is 5. The van der Waals surface area contributed by atoms with Crippen LogP contribution in [0.15, 0.2) is 18.2 Å². The lowest BCUT2D eigenvalue weighted by atomic mass is 9.65. The second-order valence-corrected chi connectivity index (χ2v) is 9.54. The molecule has 156 valence electrons. The second kappa shape index (κ2) is 8.23. The number of likely N-dealkylation sites (tertiary alicyclic amines) is 1. The van der Waals surface area contributed by atoms with Crippen LogP contribution < -0.4 is 9.47 Å². The third-order valence-electron chi connectivity index (χ3n) is 7.23. The Labute approximate surface area is 170 Å². The Morgan fingerprint density at radius 3 is 2.61 bits per heavy atom. The molecule has 0 unspecified atom stereocenters. The predicted octanol–water partition coefficient (Wildman–Crippen LogP) is 4.67. The molecule has 2 saturated carbocycles. The fourth-order valence-electron chi connectivity index (χ4n) is 5.72. The number of ether oxygens (including phenoxy) is 2. The smallest absolute Gasteiger partial charge is 0.161 e. The monoisotopic (exact) mass is 387 g/mol. The molecule has 0 amide bonds. The summed E-state index contributed by atoms with van der Waals surface area (Å²) in [6, 6.07) is 7.07. The standard InChI is InChI=1S/C24H37NO3/c1-17(2)27-21-10-9-18(15-22(21)28-20-7-5-4-6-8-20)24-12-11-19(26)16-23(24)25(3)14-13-24/h9-10,15,17,19-20,23,26H,4-8,11-14,16H2,1-3H3/t19-,23-,24-/m0/s1. The second-order valence-electron chi connectivity index (χ2n) is 9.54. The molecule has 2 aliphatic carbocycles. The first-order valence-electron chi connectivity index (χ1n) is 11.3. The van der Waals surface area contributed by atoms with Gasteiger partial charge in [0.15, 0.2) is 11.5 Å². The molecule has 1 aliphatic heterocycles. The van der Waals surface area contributed by atoms with Crippen LogP contribution in [-0.2, 0) is 5.41 Å². The van der Waals surface area contributed by atoms with Crippen molar-refractivity contribution in [1.82, 2.24) is 4.90 Å². The van der Waals surface area contributed by atoms with Gasteiger partial charge in [0.2, 0.25) is 0 Å². The van der Waals surface area contributed by atoms with E-state index in [-0.39, 0.29) is 17.6 Å². The van der Waals surface area contributed by atoms with Gasteiger partial charge in [-0.3, -0.25) is 0 Å². The first-order valence-corrected chi connectivity index (χ1v) is 11.3. The van der Waals surface area contributed by atoms with E-state index in [1.54, 1.807) is 0 Å². The average molecular weight is 388 g/mol. The third-order valence-corrected chi connectivity index (χ3v) is 7.23. The lowest BCUT2D eigenvalue weighted by molar-refractivity contribution is 0.0565. The molecule has 28 heavy (non-hydrogen) atoms. The van der Waals surface area contributed by atoms with Crippen LogP contribution in [0.3, 0.4) is 0 Å². The molecule has 3 atom stereocenters. The number of aliphatic hydroxyl groups is 1. The van der Waals surface area contributed by atoms with E-state index in [4.69, 9.17) is 9.47 Å². The molecular weight excluding hydrogens is 350 g/mol. The molecule has 0 spiro atoms. The number of aliphatic hydroxyl groups excluding tert-OH is 1. The van der Waals surface area contributed by atoms with Gasteiger partial charge in [-0.15, -0.1) is 0 Å². The Balaban J connectivity index is 1.66. The van der Waals surface area contributed by atoms with Gasteiger partial charge < -0.3 is 19.5 Å². The van der Waals surface area contributed by atoms with Gasteiger partial charge >= 0.3 is 0 Å². The van der Waals surface area contributed by atoms with E-state index in [1.165, 1.54) is 24.8 Å². The summed E-state index contributed by atoms with van der Waals surface area (Å²) in [5.41, 5.74) is 1.50. The molecule has 1 N–H and O–H groups in total. The first-order chi connectivity index (χ1) is 13.5. The van der Waals surface area contributed by atoms with E-state index in [2.05, 4.69) is 44.0 Å². The van der Waals surface area contributed by atoms with Crippen LogP contribution in [0.4, 0.5) is 0 Å². The molecule has 3 fully saturated rings. The Hall–Kier alpha value is -1.26. The van der Waals surface area contributed by atoms with Gasteiger partial charge in [-0.1, -0.05) is 12.5 Å². The molecule has 0 bridgehead atoms. The average Bonchev–Trinajstić information content (AvgIpc) is 3.01. The number of benzene rings is 1. The molecular formula is C24H37NO3. The van der Waals surface area contributed by atoms with E-state index in [0.717, 1.165) is 56.6 Å². The van der Waals surface area contributed by atoms with Crippen LogP contribution in [0.2, 0.25) is 0 Å². The molecule has 4 nitrogen and oxygen atoms in total. The van der Waals surface area contributed by atoms with Crippen LogP contribution in [0.5, 0.6) is 11.5 Å². The summed E-state index contributed by atoms with van der Waals surface area (Å²) >= 11 is 0. The fourth-order valence-corrected chi connectivity index (χ4v) is 5.72. The highest BCUT2D eigenvalue weighted by Crippen LogP contribution is 2.50. The van der Waals surface area contributed by atoms with Gasteiger partial charge in [0.1, 0.15) is 0 Å². The van der Waals surface area contributed by atoms with Crippen molar-refractivity contribution in [2.24, 2.45) is 0 Å². The van der Waals surface area contributed by atoms with E-state index in [0.29, 0.717) is 12.1 Å². The van der Waals surface area contributed by atoms with Crippen molar-refractivity contribution in [2.75, 3.05) is 13.6 Å². The zero-order valence-corrected chi connectivity index (χ0v) is 17.8. The largest absolute Gasteiger partial charge is 0.487 e. The van der Waals surface area contributed by atoms with Crippen LogP contribution in [0, 0.1) is 0 Å². The van der Waals surface area contributed by atoms with Crippen molar-refractivity contribution in [3.05, 3.63) is 23.8 Å². The Morgan fingerprint density at radius 2 is 1.86 bits per heavy atom. The van der Waals surface area contributed by atoms with Gasteiger partial charge in [-0.05, 0) is 96.5 Å². The minimum atomic E-state index is -0.166. The van der Waals surface area contributed by atoms with Crippen LogP contribution in [0.25, 0.3) is 0 Å². The van der Waals surface area contributed by atoms with Gasteiger partial charge in [0.25, 0.3) is 0 Å². The molecule has 1 aromatic rings. The van der Waals surface area contributed by atoms with Crippen molar-refractivity contribution in [3.63, 3.8) is 0 Å². The van der Waals surface area contributed by atoms with Gasteiger partial charge in [0, 0.05) is 11.5 Å². The van der Waals surface area contributed by atoms with Gasteiger partial charge in [0.05, 0.1) is 18.3 Å². The van der Waals surface area contributed by atoms with Crippen molar-refractivity contribution in [2.45, 2.75) is 101 Å². The summed E-state index contributed by atoms with van der Waals surface area (Å²) in [7, 11) is 2.21. The summed E-state index contributed by atoms with van der Waals surface area (Å²) < 4.78 is 12.6. The highest BCUT2D eigenvalue weighted by atomic mass is 16.5. The molecule has 0 radical (unpaired) electrons. The fraction of sp³-hybridized carbons (Fsp3) is 0.750. The maximum Gasteiger partial charge on any atom is 0.161 e. The maximum atomic E-state index is 10.3. The Morgan fingerprint density at radius 1 is 1.07 bits per heavy atom. The molecule has 0 aromatic heterocycles. The Bertz CT molecular complexity index is 670. The number of hydrogen-bond acceptors (Lipinski definition) is 4. The molecule has 1 saturated heterocycles. The minimum Gasteiger partial charge on any atom is -0.487 e. The summed E-state index contributed by atoms with van der Waals surface area (Å²) in [6.07, 6.45) is 10.4. The third kappa shape index (κ3) is 3.91. The number of fused-ring (bicyclic) bond motifs is 1. The zero-order chi connectivity index (χ0) is 19.7. The van der Waals surface area contributed by atoms with Crippen LogP contribution in [-0.4, -0.2) is 48.0 Å².